The summed E-state index contributed by atoms with van der Waals surface area (Å²) in [5.74, 6) is 0. The second-order valence-corrected chi connectivity index (χ2v) is 5.32. The molecule has 0 aliphatic rings. The number of allylic oxidation sites excluding steroid dienone is 1. The van der Waals surface area contributed by atoms with Gasteiger partial charge in [-0.2, -0.15) is 0 Å². The van der Waals surface area contributed by atoms with Gasteiger partial charge < -0.3 is 0 Å². The van der Waals surface area contributed by atoms with Gasteiger partial charge in [0.25, 0.3) is 0 Å². The van der Waals surface area contributed by atoms with Crippen molar-refractivity contribution in [3.63, 3.8) is 0 Å². The zero-order valence-electron chi connectivity index (χ0n) is 10.7. The molecule has 0 bridgehead atoms. The fourth-order valence-corrected chi connectivity index (χ4v) is 2.65. The molecular weight excluding hydrogens is 240 g/mol. The third-order valence-electron chi connectivity index (χ3n) is 2.90. The highest BCUT2D eigenvalue weighted by Crippen LogP contribution is 2.31. The molecule has 2 rings (SSSR count). The molecule has 2 nitrogen and oxygen atoms in total. The Hall–Kier alpha value is -1.92. The highest BCUT2D eigenvalue weighted by atomic mass is 32.1. The maximum Gasteiger partial charge on any atom is 0.225 e. The Labute approximate surface area is 111 Å². The van der Waals surface area contributed by atoms with Crippen LogP contribution in [0.3, 0.4) is 0 Å². The lowest BCUT2D eigenvalue weighted by atomic mass is 10.1. The van der Waals surface area contributed by atoms with Crippen LogP contribution in [0.15, 0.2) is 30.3 Å². The summed E-state index contributed by atoms with van der Waals surface area (Å²) in [6.45, 7) is 13.4. The normalized spacial score (nSPS) is 11.9. The van der Waals surface area contributed by atoms with Gasteiger partial charge in [-0.3, -0.25) is 4.98 Å². The molecule has 0 fully saturated rings. The molecule has 0 radical (unpaired) electrons. The number of rotatable bonds is 2. The van der Waals surface area contributed by atoms with Gasteiger partial charge >= 0.3 is 0 Å². The van der Waals surface area contributed by atoms with Crippen molar-refractivity contribution in [2.24, 2.45) is 0 Å². The predicted octanol–water partition coefficient (Wildman–Crippen LogP) is 4.57. The molecular formula is C15H14N2S. The van der Waals surface area contributed by atoms with Gasteiger partial charge in [0.1, 0.15) is 5.01 Å². The molecule has 1 aromatic carbocycles. The molecule has 0 aliphatic carbocycles. The Bertz CT molecular complexity index is 611. The Morgan fingerprint density at radius 2 is 1.89 bits per heavy atom. The van der Waals surface area contributed by atoms with E-state index in [1.165, 1.54) is 4.88 Å². The molecule has 0 N–H and O–H groups in total. The standard InChI is InChI=1S/C15H14N2S/c1-10(13-8-6-5-7-9-13)14(16-4)15-17-11(2)12(3)18-15/h5-9H,1-3H3/b14-10-. The van der Waals surface area contributed by atoms with E-state index in [2.05, 4.69) is 9.83 Å². The first-order chi connectivity index (χ1) is 8.63. The second kappa shape index (κ2) is 5.16. The zero-order valence-corrected chi connectivity index (χ0v) is 11.5. The summed E-state index contributed by atoms with van der Waals surface area (Å²) < 4.78 is 0. The van der Waals surface area contributed by atoms with Gasteiger partial charge in [0.2, 0.25) is 5.70 Å². The van der Waals surface area contributed by atoms with Crippen LogP contribution in [0.1, 0.15) is 28.1 Å². The number of nitrogens with zero attached hydrogens (tertiary/aromatic N) is 2. The summed E-state index contributed by atoms with van der Waals surface area (Å²) in [5.41, 5.74) is 3.73. The average Bonchev–Trinajstić information content (AvgIpc) is 2.71. The fraction of sp³-hybridized carbons (Fsp3) is 0.200. The minimum absolute atomic E-state index is 0.655. The highest BCUT2D eigenvalue weighted by molar-refractivity contribution is 7.12. The van der Waals surface area contributed by atoms with Gasteiger partial charge in [0, 0.05) is 4.88 Å². The van der Waals surface area contributed by atoms with E-state index in [1.54, 1.807) is 11.3 Å². The van der Waals surface area contributed by atoms with E-state index >= 15 is 0 Å². The average molecular weight is 254 g/mol. The van der Waals surface area contributed by atoms with E-state index in [0.29, 0.717) is 5.70 Å². The highest BCUT2D eigenvalue weighted by Gasteiger charge is 2.13. The zero-order chi connectivity index (χ0) is 13.1. The maximum absolute atomic E-state index is 7.39. The first-order valence-corrected chi connectivity index (χ1v) is 6.53. The van der Waals surface area contributed by atoms with Gasteiger partial charge in [-0.05, 0) is 31.9 Å². The van der Waals surface area contributed by atoms with Crippen molar-refractivity contribution in [1.29, 1.82) is 0 Å². The molecule has 0 saturated carbocycles. The second-order valence-electron chi connectivity index (χ2n) is 4.11. The maximum atomic E-state index is 7.39. The minimum Gasteiger partial charge on any atom is -0.254 e. The number of aryl methyl sites for hydroxylation is 2. The van der Waals surface area contributed by atoms with Crippen LogP contribution in [0, 0.1) is 20.4 Å². The van der Waals surface area contributed by atoms with Crippen LogP contribution in [0.4, 0.5) is 0 Å². The quantitative estimate of drug-likeness (QED) is 0.718. The third kappa shape index (κ3) is 2.34. The molecule has 0 unspecified atom stereocenters. The van der Waals surface area contributed by atoms with E-state index in [4.69, 9.17) is 6.57 Å². The Kier molecular flexibility index (Phi) is 3.59. The van der Waals surface area contributed by atoms with Crippen LogP contribution in [-0.2, 0) is 0 Å². The van der Waals surface area contributed by atoms with Crippen LogP contribution in [0.2, 0.25) is 0 Å². The molecule has 1 aromatic heterocycles. The molecule has 0 atom stereocenters. The van der Waals surface area contributed by atoms with Crippen molar-refractivity contribution in [2.45, 2.75) is 20.8 Å². The molecule has 18 heavy (non-hydrogen) atoms. The summed E-state index contributed by atoms with van der Waals surface area (Å²) >= 11 is 1.59. The van der Waals surface area contributed by atoms with E-state index in [-0.39, 0.29) is 0 Å². The van der Waals surface area contributed by atoms with Crippen molar-refractivity contribution >= 4 is 22.6 Å². The lowest BCUT2D eigenvalue weighted by Crippen LogP contribution is -1.85. The molecule has 2 aromatic rings. The van der Waals surface area contributed by atoms with Gasteiger partial charge in [0.15, 0.2) is 0 Å². The van der Waals surface area contributed by atoms with Crippen molar-refractivity contribution in [1.82, 2.24) is 4.98 Å². The SMILES string of the molecule is [C-]#[N+]/C(=C(/C)c1ccccc1)c1nc(C)c(C)s1. The smallest absolute Gasteiger partial charge is 0.225 e. The Morgan fingerprint density at radius 3 is 2.39 bits per heavy atom. The van der Waals surface area contributed by atoms with E-state index < -0.39 is 0 Å². The van der Waals surface area contributed by atoms with Crippen molar-refractivity contribution in [3.05, 3.63) is 62.9 Å². The number of thiazole rings is 1. The van der Waals surface area contributed by atoms with E-state index in [1.807, 2.05) is 51.1 Å². The number of hydrogen-bond donors (Lipinski definition) is 0. The van der Waals surface area contributed by atoms with Crippen LogP contribution < -0.4 is 0 Å². The van der Waals surface area contributed by atoms with Crippen molar-refractivity contribution in [2.75, 3.05) is 0 Å². The van der Waals surface area contributed by atoms with E-state index in [0.717, 1.165) is 21.8 Å². The van der Waals surface area contributed by atoms with E-state index in [9.17, 15) is 0 Å². The van der Waals surface area contributed by atoms with Crippen molar-refractivity contribution < 1.29 is 0 Å². The third-order valence-corrected chi connectivity index (χ3v) is 3.98. The summed E-state index contributed by atoms with van der Waals surface area (Å²) in [6, 6.07) is 9.99. The van der Waals surface area contributed by atoms with Gasteiger partial charge in [-0.25, -0.2) is 4.85 Å². The Morgan fingerprint density at radius 1 is 1.22 bits per heavy atom. The first-order valence-electron chi connectivity index (χ1n) is 5.71. The topological polar surface area (TPSA) is 17.2 Å². The van der Waals surface area contributed by atoms with Gasteiger partial charge in [-0.15, -0.1) is 11.3 Å². The van der Waals surface area contributed by atoms with Gasteiger partial charge in [-0.1, -0.05) is 30.3 Å². The number of benzene rings is 1. The molecule has 0 aliphatic heterocycles. The largest absolute Gasteiger partial charge is 0.254 e. The molecule has 90 valence electrons. The lowest BCUT2D eigenvalue weighted by molar-refractivity contribution is 1.21. The minimum atomic E-state index is 0.655. The van der Waals surface area contributed by atoms with Crippen LogP contribution in [0.5, 0.6) is 0 Å². The summed E-state index contributed by atoms with van der Waals surface area (Å²) in [7, 11) is 0. The van der Waals surface area contributed by atoms with Crippen LogP contribution in [0.25, 0.3) is 16.1 Å². The first kappa shape index (κ1) is 12.5. The van der Waals surface area contributed by atoms with Crippen molar-refractivity contribution in [3.8, 4) is 0 Å². The number of aromatic nitrogens is 1. The molecule has 3 heteroatoms. The van der Waals surface area contributed by atoms with Crippen LogP contribution in [-0.4, -0.2) is 4.98 Å². The fourth-order valence-electron chi connectivity index (χ4n) is 1.69. The summed E-state index contributed by atoms with van der Waals surface area (Å²) in [5, 5.41) is 0.821. The molecule has 0 spiro atoms. The molecule has 0 amide bonds. The summed E-state index contributed by atoms with van der Waals surface area (Å²) in [6.07, 6.45) is 0. The molecule has 1 heterocycles. The Balaban J connectivity index is 2.55. The van der Waals surface area contributed by atoms with Gasteiger partial charge in [0.05, 0.1) is 12.3 Å². The lowest BCUT2D eigenvalue weighted by Gasteiger charge is -2.03. The summed E-state index contributed by atoms with van der Waals surface area (Å²) in [4.78, 5) is 9.31. The predicted molar refractivity (Wildman–Crippen MR) is 77.1 cm³/mol. The molecule has 0 saturated heterocycles. The van der Waals surface area contributed by atoms with Crippen LogP contribution >= 0.6 is 11.3 Å². The monoisotopic (exact) mass is 254 g/mol. The number of hydrogen-bond acceptors (Lipinski definition) is 2.